The summed E-state index contributed by atoms with van der Waals surface area (Å²) in [6, 6.07) is 15.9. The van der Waals surface area contributed by atoms with Gasteiger partial charge in [-0.2, -0.15) is 9.38 Å². The summed E-state index contributed by atoms with van der Waals surface area (Å²) >= 11 is 0. The van der Waals surface area contributed by atoms with Gasteiger partial charge in [0.05, 0.1) is 6.20 Å². The molecule has 2 aromatic heterocycles. The third-order valence-electron chi connectivity index (χ3n) is 4.54. The maximum atomic E-state index is 11.5. The Balaban J connectivity index is 1.49. The molecule has 1 fully saturated rings. The molecule has 0 amide bonds. The SMILES string of the molecule is O=[N+]([O-])c1c(NC2CCN(Cc3ccccc3)C2)nc2ccccn12. The van der Waals surface area contributed by atoms with E-state index in [-0.39, 0.29) is 16.8 Å². The van der Waals surface area contributed by atoms with Crippen LogP contribution in [0.15, 0.2) is 54.7 Å². The first-order valence-corrected chi connectivity index (χ1v) is 8.35. The Morgan fingerprint density at radius 1 is 1.20 bits per heavy atom. The Labute approximate surface area is 145 Å². The number of nitrogens with one attached hydrogen (secondary N) is 1. The second-order valence-corrected chi connectivity index (χ2v) is 6.32. The topological polar surface area (TPSA) is 75.7 Å². The molecule has 0 spiro atoms. The van der Waals surface area contributed by atoms with E-state index in [1.54, 1.807) is 18.3 Å². The summed E-state index contributed by atoms with van der Waals surface area (Å²) in [5.74, 6) is 0.347. The molecule has 1 N–H and O–H groups in total. The van der Waals surface area contributed by atoms with E-state index in [9.17, 15) is 10.1 Å². The standard InChI is InChI=1S/C18H19N5O2/c24-23(25)18-17(20-16-8-4-5-10-22(16)18)19-15-9-11-21(13-15)12-14-6-2-1-3-7-14/h1-8,10,15,19H,9,11-13H2. The maximum Gasteiger partial charge on any atom is 0.372 e. The van der Waals surface area contributed by atoms with Gasteiger partial charge >= 0.3 is 5.82 Å². The number of pyridine rings is 1. The molecule has 1 unspecified atom stereocenters. The predicted octanol–water partition coefficient (Wildman–Crippen LogP) is 2.93. The third kappa shape index (κ3) is 3.18. The molecule has 1 atom stereocenters. The second-order valence-electron chi connectivity index (χ2n) is 6.32. The molecule has 0 bridgehead atoms. The highest BCUT2D eigenvalue weighted by Gasteiger charge is 2.28. The number of fused-ring (bicyclic) bond motifs is 1. The van der Waals surface area contributed by atoms with Crippen LogP contribution < -0.4 is 5.32 Å². The average Bonchev–Trinajstić information content (AvgIpc) is 3.19. The monoisotopic (exact) mass is 337 g/mol. The van der Waals surface area contributed by atoms with Crippen LogP contribution in [0.5, 0.6) is 0 Å². The van der Waals surface area contributed by atoms with E-state index in [4.69, 9.17) is 0 Å². The van der Waals surface area contributed by atoms with E-state index in [1.807, 2.05) is 24.3 Å². The first kappa shape index (κ1) is 15.6. The van der Waals surface area contributed by atoms with E-state index >= 15 is 0 Å². The summed E-state index contributed by atoms with van der Waals surface area (Å²) in [7, 11) is 0. The lowest BCUT2D eigenvalue weighted by atomic mass is 10.2. The van der Waals surface area contributed by atoms with Gasteiger partial charge in [-0.3, -0.25) is 4.90 Å². The molecular formula is C18H19N5O2. The van der Waals surface area contributed by atoms with Crippen LogP contribution in [-0.2, 0) is 6.54 Å². The Hall–Kier alpha value is -2.93. The van der Waals surface area contributed by atoms with E-state index in [0.717, 1.165) is 26.1 Å². The summed E-state index contributed by atoms with van der Waals surface area (Å²) in [6.45, 7) is 2.71. The van der Waals surface area contributed by atoms with Crippen LogP contribution in [0.25, 0.3) is 5.65 Å². The van der Waals surface area contributed by atoms with Gasteiger partial charge in [0.15, 0.2) is 0 Å². The largest absolute Gasteiger partial charge is 0.372 e. The van der Waals surface area contributed by atoms with Gasteiger partial charge in [0.1, 0.15) is 0 Å². The highest BCUT2D eigenvalue weighted by atomic mass is 16.6. The number of nitrogens with zero attached hydrogens (tertiary/aromatic N) is 4. The van der Waals surface area contributed by atoms with Crippen LogP contribution in [0.2, 0.25) is 0 Å². The van der Waals surface area contributed by atoms with E-state index in [1.165, 1.54) is 9.96 Å². The number of rotatable bonds is 5. The number of imidazole rings is 1. The average molecular weight is 337 g/mol. The highest BCUT2D eigenvalue weighted by Crippen LogP contribution is 2.27. The van der Waals surface area contributed by atoms with Gasteiger partial charge in [0, 0.05) is 31.7 Å². The lowest BCUT2D eigenvalue weighted by Crippen LogP contribution is -2.26. The molecule has 1 aliphatic heterocycles. The fourth-order valence-electron chi connectivity index (χ4n) is 3.38. The third-order valence-corrected chi connectivity index (χ3v) is 4.54. The van der Waals surface area contributed by atoms with Crippen LogP contribution in [0, 0.1) is 10.1 Å². The van der Waals surface area contributed by atoms with Gasteiger partial charge in [-0.05, 0) is 23.0 Å². The quantitative estimate of drug-likeness (QED) is 0.572. The summed E-state index contributed by atoms with van der Waals surface area (Å²) < 4.78 is 1.51. The number of likely N-dealkylation sites (tertiary alicyclic amines) is 1. The molecule has 0 saturated carbocycles. The fourth-order valence-corrected chi connectivity index (χ4v) is 3.38. The number of aromatic nitrogens is 2. The number of nitro groups is 1. The summed E-state index contributed by atoms with van der Waals surface area (Å²) in [4.78, 5) is 17.8. The summed E-state index contributed by atoms with van der Waals surface area (Å²) in [5, 5.41) is 14.8. The van der Waals surface area contributed by atoms with Gasteiger partial charge in [-0.1, -0.05) is 36.4 Å². The Kier molecular flexibility index (Phi) is 4.07. The number of benzene rings is 1. The van der Waals surface area contributed by atoms with Gasteiger partial charge in [-0.25, -0.2) is 0 Å². The van der Waals surface area contributed by atoms with Crippen molar-refractivity contribution in [2.45, 2.75) is 19.0 Å². The molecule has 0 radical (unpaired) electrons. The van der Waals surface area contributed by atoms with Crippen molar-refractivity contribution < 1.29 is 4.92 Å². The molecule has 1 aliphatic rings. The van der Waals surface area contributed by atoms with Crippen molar-refractivity contribution in [2.24, 2.45) is 0 Å². The lowest BCUT2D eigenvalue weighted by molar-refractivity contribution is -0.389. The van der Waals surface area contributed by atoms with E-state index in [2.05, 4.69) is 27.3 Å². The van der Waals surface area contributed by atoms with Crippen molar-refractivity contribution in [1.29, 1.82) is 0 Å². The zero-order chi connectivity index (χ0) is 17.2. The molecule has 25 heavy (non-hydrogen) atoms. The van der Waals surface area contributed by atoms with Crippen LogP contribution in [0.4, 0.5) is 11.6 Å². The minimum atomic E-state index is -0.376. The lowest BCUT2D eigenvalue weighted by Gasteiger charge is -2.16. The zero-order valence-corrected chi connectivity index (χ0v) is 13.7. The second kappa shape index (κ2) is 6.52. The first-order valence-electron chi connectivity index (χ1n) is 8.35. The molecule has 7 nitrogen and oxygen atoms in total. The Morgan fingerprint density at radius 2 is 2.00 bits per heavy atom. The number of hydrogen-bond donors (Lipinski definition) is 1. The van der Waals surface area contributed by atoms with Gasteiger partial charge in [0.2, 0.25) is 11.5 Å². The van der Waals surface area contributed by atoms with Crippen molar-refractivity contribution in [3.8, 4) is 0 Å². The van der Waals surface area contributed by atoms with Gasteiger partial charge in [0.25, 0.3) is 0 Å². The minimum absolute atomic E-state index is 0.00268. The van der Waals surface area contributed by atoms with Crippen molar-refractivity contribution in [1.82, 2.24) is 14.3 Å². The van der Waals surface area contributed by atoms with E-state index in [0.29, 0.717) is 11.5 Å². The summed E-state index contributed by atoms with van der Waals surface area (Å²) in [6.07, 6.45) is 2.61. The summed E-state index contributed by atoms with van der Waals surface area (Å²) in [5.41, 5.74) is 1.86. The number of hydrogen-bond acceptors (Lipinski definition) is 5. The van der Waals surface area contributed by atoms with Crippen LogP contribution >= 0.6 is 0 Å². The molecule has 3 heterocycles. The zero-order valence-electron chi connectivity index (χ0n) is 13.7. The van der Waals surface area contributed by atoms with Crippen LogP contribution in [-0.4, -0.2) is 38.3 Å². The van der Waals surface area contributed by atoms with Crippen molar-refractivity contribution >= 4 is 17.3 Å². The minimum Gasteiger partial charge on any atom is -0.359 e. The van der Waals surface area contributed by atoms with Gasteiger partial charge < -0.3 is 15.4 Å². The smallest absolute Gasteiger partial charge is 0.359 e. The van der Waals surface area contributed by atoms with Crippen molar-refractivity contribution in [3.63, 3.8) is 0 Å². The molecule has 3 aromatic rings. The molecular weight excluding hydrogens is 318 g/mol. The van der Waals surface area contributed by atoms with Crippen molar-refractivity contribution in [3.05, 3.63) is 70.4 Å². The van der Waals surface area contributed by atoms with Gasteiger partial charge in [-0.15, -0.1) is 0 Å². The Bertz CT molecular complexity index is 893. The number of anilines is 1. The predicted molar refractivity (Wildman–Crippen MR) is 95.6 cm³/mol. The molecule has 4 rings (SSSR count). The normalized spacial score (nSPS) is 17.8. The highest BCUT2D eigenvalue weighted by molar-refractivity contribution is 5.62. The first-order chi connectivity index (χ1) is 12.2. The molecule has 1 saturated heterocycles. The Morgan fingerprint density at radius 3 is 2.80 bits per heavy atom. The van der Waals surface area contributed by atoms with Crippen molar-refractivity contribution in [2.75, 3.05) is 18.4 Å². The molecule has 1 aromatic carbocycles. The fraction of sp³-hybridized carbons (Fsp3) is 0.278. The molecule has 0 aliphatic carbocycles. The van der Waals surface area contributed by atoms with E-state index < -0.39 is 0 Å². The van der Waals surface area contributed by atoms with Crippen LogP contribution in [0.1, 0.15) is 12.0 Å². The molecule has 128 valence electrons. The molecule has 7 heteroatoms. The maximum absolute atomic E-state index is 11.5. The van der Waals surface area contributed by atoms with Crippen LogP contribution in [0.3, 0.4) is 0 Å².